The zero-order chi connectivity index (χ0) is 58.5. The molecule has 5 rings (SSSR count). The Morgan fingerprint density at radius 2 is 1.19 bits per heavy atom. The van der Waals surface area contributed by atoms with E-state index in [9.17, 15) is 88.1 Å². The third-order valence-electron chi connectivity index (χ3n) is 13.6. The molecule has 0 aliphatic carbocycles. The molecule has 8 amide bonds. The Hall–Kier alpha value is -6.82. The van der Waals surface area contributed by atoms with Crippen LogP contribution in [-0.4, -0.2) is 214 Å². The molecule has 0 unspecified atom stereocenters. The number of β-amino-alcohol motifs (C(OH)–C–C–N with tert-alkyl or cyclic N) is 2. The first-order chi connectivity index (χ1) is 37.2. The first-order valence-electron chi connectivity index (χ1n) is 25.6. The molecule has 2 aromatic carbocycles. The summed E-state index contributed by atoms with van der Waals surface area (Å²) >= 11 is 0. The number of carboxylic acids is 1. The van der Waals surface area contributed by atoms with Crippen LogP contribution in [-0.2, 0) is 65.1 Å². The van der Waals surface area contributed by atoms with Gasteiger partial charge in [-0.25, -0.2) is 9.36 Å². The highest BCUT2D eigenvalue weighted by Gasteiger charge is 2.49. The Kier molecular flexibility index (Phi) is 22.6. The summed E-state index contributed by atoms with van der Waals surface area (Å²) in [5, 5.41) is 73.9. The first-order valence-corrected chi connectivity index (χ1v) is 27.1. The molecule has 79 heavy (non-hydrogen) atoms. The Labute approximate surface area is 453 Å². The van der Waals surface area contributed by atoms with Gasteiger partial charge in [0.1, 0.15) is 59.8 Å². The van der Waals surface area contributed by atoms with Crippen molar-refractivity contribution in [3.05, 3.63) is 59.7 Å². The number of likely N-dealkylation sites (tertiary alicyclic amines) is 3. The molecular formula is C49H71N10O19P. The van der Waals surface area contributed by atoms with Crippen molar-refractivity contribution in [3.63, 3.8) is 0 Å². The molecule has 29 nitrogen and oxygen atoms in total. The van der Waals surface area contributed by atoms with Crippen molar-refractivity contribution in [2.45, 2.75) is 144 Å². The van der Waals surface area contributed by atoms with Gasteiger partial charge >= 0.3 is 13.8 Å². The summed E-state index contributed by atoms with van der Waals surface area (Å²) in [6, 6.07) is -2.86. The number of phenolic OH excluding ortho intramolecular Hbond substituents is 2. The number of benzene rings is 2. The number of nitrogens with zero attached hydrogens (tertiary/aromatic N) is 3. The Morgan fingerprint density at radius 3 is 1.73 bits per heavy atom. The quantitative estimate of drug-likeness (QED) is 0.0311. The molecule has 0 radical (unpaired) electrons. The van der Waals surface area contributed by atoms with Crippen LogP contribution in [0.15, 0.2) is 48.5 Å². The van der Waals surface area contributed by atoms with E-state index in [-0.39, 0.29) is 37.3 Å². The van der Waals surface area contributed by atoms with Crippen molar-refractivity contribution in [3.8, 4) is 11.5 Å². The topological polar surface area (TPSA) is 464 Å². The van der Waals surface area contributed by atoms with E-state index >= 15 is 0 Å². The summed E-state index contributed by atoms with van der Waals surface area (Å²) in [4.78, 5) is 146. The van der Waals surface area contributed by atoms with Crippen LogP contribution in [0.3, 0.4) is 0 Å². The van der Waals surface area contributed by atoms with Crippen LogP contribution in [0.2, 0.25) is 0 Å². The molecule has 3 aliphatic heterocycles. The van der Waals surface area contributed by atoms with E-state index in [0.29, 0.717) is 36.9 Å². The smallest absolute Gasteiger partial charge is 0.469 e. The van der Waals surface area contributed by atoms with Crippen LogP contribution in [0.1, 0.15) is 69.9 Å². The summed E-state index contributed by atoms with van der Waals surface area (Å²) in [5.74, 6) is -9.48. The van der Waals surface area contributed by atoms with Gasteiger partial charge in [-0.15, -0.1) is 0 Å². The van der Waals surface area contributed by atoms with E-state index < -0.39 is 173 Å². The fourth-order valence-electron chi connectivity index (χ4n) is 9.49. The van der Waals surface area contributed by atoms with Crippen LogP contribution in [0.4, 0.5) is 0 Å². The van der Waals surface area contributed by atoms with Gasteiger partial charge in [0, 0.05) is 45.3 Å². The number of aliphatic hydroxyl groups excluding tert-OH is 3. The van der Waals surface area contributed by atoms with Gasteiger partial charge in [-0.05, 0) is 87.9 Å². The van der Waals surface area contributed by atoms with Gasteiger partial charge in [0.2, 0.25) is 47.3 Å². The van der Waals surface area contributed by atoms with Crippen LogP contribution >= 0.6 is 7.82 Å². The van der Waals surface area contributed by atoms with Crippen molar-refractivity contribution in [2.24, 2.45) is 11.5 Å². The average molecular weight is 1140 g/mol. The second-order valence-electron chi connectivity index (χ2n) is 19.9. The number of phenols is 2. The number of amides is 8. The molecular weight excluding hydrogens is 1060 g/mol. The van der Waals surface area contributed by atoms with E-state index in [1.54, 1.807) is 0 Å². The van der Waals surface area contributed by atoms with Gasteiger partial charge < -0.3 is 93.2 Å². The van der Waals surface area contributed by atoms with Crippen molar-refractivity contribution < 1.29 is 92.7 Å². The van der Waals surface area contributed by atoms with Crippen molar-refractivity contribution in [1.29, 1.82) is 0 Å². The van der Waals surface area contributed by atoms with Gasteiger partial charge in [-0.1, -0.05) is 24.3 Å². The van der Waals surface area contributed by atoms with Crippen molar-refractivity contribution in [1.82, 2.24) is 41.3 Å². The summed E-state index contributed by atoms with van der Waals surface area (Å²) < 4.78 is 16.6. The van der Waals surface area contributed by atoms with Gasteiger partial charge in [0.25, 0.3) is 0 Å². The second-order valence-corrected chi connectivity index (χ2v) is 21.1. The number of nitrogens with two attached hydrogens (primary N) is 2. The molecule has 3 aliphatic rings. The largest absolute Gasteiger partial charge is 0.508 e. The molecule has 0 saturated carbocycles. The standard InChI is InChI=1S/C49H71N10O19P/c1-25(51)41(65)52-33(6-3-4-16-50)46(70)57-17-5-7-37(57)43(67)55-36(24-78-79(75,76)77)42(66)53-34(18-27-8-12-29(61)13-9-27)47(71)59-23-32(64)21-39(59)48(72)58-22-31(63)20-38(58)44(68)56-40(26(2)60)45(69)54-35(49(73)74)19-28-10-14-30(62)15-11-28/h8-15,25-26,31-40,60-64H,3-7,16-24,50-51H2,1-2H3,(H,52,65)(H,53,66)(H,54,69)(H,55,67)(H,56,68)(H,73,74)(H2,75,76,77)/t25-,26+,31+,32+,33-,34-,35-,36-,37-,38-,39-,40-/m0/s1. The lowest BCUT2D eigenvalue weighted by molar-refractivity contribution is -0.148. The molecule has 2 aromatic rings. The molecule has 0 aromatic heterocycles. The van der Waals surface area contributed by atoms with Crippen LogP contribution in [0.5, 0.6) is 11.5 Å². The molecule has 0 bridgehead atoms. The average Bonchev–Trinajstić information content (AvgIpc) is 4.22. The lowest BCUT2D eigenvalue weighted by atomic mass is 10.0. The molecule has 3 heterocycles. The molecule has 3 fully saturated rings. The maximum absolute atomic E-state index is 14.8. The van der Waals surface area contributed by atoms with Gasteiger partial charge in [-0.3, -0.25) is 42.9 Å². The Morgan fingerprint density at radius 1 is 0.671 bits per heavy atom. The summed E-state index contributed by atoms with van der Waals surface area (Å²) in [6.07, 6.45) is -4.48. The Bertz CT molecular complexity index is 2550. The van der Waals surface area contributed by atoms with Crippen LogP contribution in [0.25, 0.3) is 0 Å². The summed E-state index contributed by atoms with van der Waals surface area (Å²) in [7, 11) is -5.36. The predicted octanol–water partition coefficient (Wildman–Crippen LogP) is -4.73. The van der Waals surface area contributed by atoms with Gasteiger partial charge in [-0.2, -0.15) is 0 Å². The number of aliphatic hydroxyl groups is 3. The highest BCUT2D eigenvalue weighted by atomic mass is 31.2. The number of aliphatic carboxylic acids is 1. The maximum Gasteiger partial charge on any atom is 0.469 e. The second kappa shape index (κ2) is 28.4. The zero-order valence-electron chi connectivity index (χ0n) is 43.5. The van der Waals surface area contributed by atoms with Crippen LogP contribution in [0, 0.1) is 0 Å². The lowest BCUT2D eigenvalue weighted by Crippen LogP contribution is -2.61. The number of aromatic hydroxyl groups is 2. The fraction of sp³-hybridized carbons (Fsp3) is 0.571. The Balaban J connectivity index is 1.38. The number of phosphoric acid groups is 1. The highest BCUT2D eigenvalue weighted by molar-refractivity contribution is 7.46. The maximum atomic E-state index is 14.8. The number of carbonyl (C=O) groups is 9. The number of rotatable bonds is 26. The van der Waals surface area contributed by atoms with Crippen molar-refractivity contribution >= 4 is 61.0 Å². The number of hydrogen-bond acceptors (Lipinski definition) is 18. The molecule has 436 valence electrons. The van der Waals surface area contributed by atoms with E-state index in [1.165, 1.54) is 60.4 Å². The fourth-order valence-corrected chi connectivity index (χ4v) is 9.84. The molecule has 0 spiro atoms. The number of carbonyl (C=O) groups excluding carboxylic acids is 8. The van der Waals surface area contributed by atoms with Gasteiger partial charge in [0.15, 0.2) is 0 Å². The molecule has 17 N–H and O–H groups in total. The number of phosphoric ester groups is 1. The van der Waals surface area contributed by atoms with E-state index in [2.05, 4.69) is 31.1 Å². The van der Waals surface area contributed by atoms with Crippen molar-refractivity contribution in [2.75, 3.05) is 32.8 Å². The van der Waals surface area contributed by atoms with E-state index in [0.717, 1.165) is 16.7 Å². The third-order valence-corrected chi connectivity index (χ3v) is 14.1. The zero-order valence-corrected chi connectivity index (χ0v) is 44.4. The first kappa shape index (κ1) is 63.0. The molecule has 3 saturated heterocycles. The van der Waals surface area contributed by atoms with E-state index in [4.69, 9.17) is 11.5 Å². The molecule has 12 atom stereocenters. The SMILES string of the molecule is C[C@H](N)C(=O)N[C@@H](CCCCN)C(=O)N1CCC[C@H]1C(=O)N[C@@H](COP(=O)(O)O)C(=O)N[C@@H](Cc1ccc(O)cc1)C(=O)N1C[C@H](O)C[C@H]1C(=O)N1C[C@H](O)C[C@H]1C(=O)N[C@H](C(=O)N[C@@H](Cc1ccc(O)cc1)C(=O)O)[C@@H](C)O. The normalized spacial score (nSPS) is 21.9. The highest BCUT2D eigenvalue weighted by Crippen LogP contribution is 2.36. The molecule has 30 heteroatoms. The summed E-state index contributed by atoms with van der Waals surface area (Å²) in [5.41, 5.74) is 12.1. The number of carboxylic acid groups (broad SMARTS) is 1. The summed E-state index contributed by atoms with van der Waals surface area (Å²) in [6.45, 7) is 0.665. The minimum atomic E-state index is -5.36. The number of nitrogens with one attached hydrogen (secondary N) is 5. The predicted molar refractivity (Wildman–Crippen MR) is 274 cm³/mol. The van der Waals surface area contributed by atoms with E-state index in [1.807, 2.05) is 0 Å². The number of hydrogen-bond donors (Lipinski definition) is 15. The number of unbranched alkanes of at least 4 members (excludes halogenated alkanes) is 1. The minimum absolute atomic E-state index is 0.0408. The third kappa shape index (κ3) is 17.8. The minimum Gasteiger partial charge on any atom is -0.508 e. The monoisotopic (exact) mass is 1130 g/mol. The van der Waals surface area contributed by atoms with Crippen LogP contribution < -0.4 is 38.1 Å². The lowest BCUT2D eigenvalue weighted by Gasteiger charge is -2.33. The van der Waals surface area contributed by atoms with Gasteiger partial charge in [0.05, 0.1) is 31.0 Å².